The van der Waals surface area contributed by atoms with E-state index in [-0.39, 0.29) is 23.7 Å². The summed E-state index contributed by atoms with van der Waals surface area (Å²) >= 11 is 1.63. The summed E-state index contributed by atoms with van der Waals surface area (Å²) in [5.41, 5.74) is 2.75. The van der Waals surface area contributed by atoms with Gasteiger partial charge in [-0.05, 0) is 31.9 Å². The maximum absolute atomic E-state index is 12.8. The molecule has 0 saturated carbocycles. The molecule has 3 rings (SSSR count). The van der Waals surface area contributed by atoms with Gasteiger partial charge in [-0.2, -0.15) is 0 Å². The summed E-state index contributed by atoms with van der Waals surface area (Å²) in [4.78, 5) is 31.2. The van der Waals surface area contributed by atoms with E-state index in [1.54, 1.807) is 11.3 Å². The third-order valence-corrected chi connectivity index (χ3v) is 5.92. The van der Waals surface area contributed by atoms with E-state index in [2.05, 4.69) is 5.32 Å². The Morgan fingerprint density at radius 3 is 2.93 bits per heavy atom. The molecule has 6 heteroatoms. The van der Waals surface area contributed by atoms with Crippen LogP contribution >= 0.6 is 11.3 Å². The number of thiazole rings is 1. The molecule has 0 radical (unpaired) electrons. The smallest absolute Gasteiger partial charge is 0.253 e. The standard InChI is InChI=1S/C21H27N3O2S/c1-14(2)19(25)22-11-18-13-27-20(23-18)17-8-5-9-24(12-17)21(26)16-7-4-6-15(3)10-16/h4,6-7,10,13-14,17H,5,8-9,11-12H2,1-3H3,(H,22,25)/t17-/m1/s1. The first-order valence-electron chi connectivity index (χ1n) is 9.52. The average molecular weight is 386 g/mol. The summed E-state index contributed by atoms with van der Waals surface area (Å²) in [5, 5.41) is 5.98. The monoisotopic (exact) mass is 385 g/mol. The lowest BCUT2D eigenvalue weighted by Gasteiger charge is -2.32. The third-order valence-electron chi connectivity index (χ3n) is 4.86. The first-order chi connectivity index (χ1) is 12.9. The van der Waals surface area contributed by atoms with Crippen LogP contribution in [0.15, 0.2) is 29.6 Å². The van der Waals surface area contributed by atoms with Gasteiger partial charge in [-0.1, -0.05) is 31.5 Å². The van der Waals surface area contributed by atoms with Gasteiger partial charge >= 0.3 is 0 Å². The highest BCUT2D eigenvalue weighted by atomic mass is 32.1. The number of rotatable bonds is 5. The fourth-order valence-electron chi connectivity index (χ4n) is 3.30. The normalized spacial score (nSPS) is 17.2. The summed E-state index contributed by atoms with van der Waals surface area (Å²) < 4.78 is 0. The molecule has 0 spiro atoms. The van der Waals surface area contributed by atoms with E-state index in [0.717, 1.165) is 41.2 Å². The second kappa shape index (κ2) is 8.65. The number of nitrogens with zero attached hydrogens (tertiary/aromatic N) is 2. The van der Waals surface area contributed by atoms with Crippen LogP contribution in [-0.2, 0) is 11.3 Å². The van der Waals surface area contributed by atoms with Crippen molar-refractivity contribution in [1.29, 1.82) is 0 Å². The summed E-state index contributed by atoms with van der Waals surface area (Å²) in [6, 6.07) is 7.77. The van der Waals surface area contributed by atoms with Crippen LogP contribution in [0.4, 0.5) is 0 Å². The van der Waals surface area contributed by atoms with Gasteiger partial charge in [0.2, 0.25) is 5.91 Å². The number of piperidine rings is 1. The third kappa shape index (κ3) is 4.95. The van der Waals surface area contributed by atoms with Gasteiger partial charge in [-0.25, -0.2) is 4.98 Å². The lowest BCUT2D eigenvalue weighted by Crippen LogP contribution is -2.39. The molecule has 1 aliphatic heterocycles. The molecule has 0 unspecified atom stereocenters. The average Bonchev–Trinajstić information content (AvgIpc) is 3.14. The lowest BCUT2D eigenvalue weighted by molar-refractivity contribution is -0.124. The van der Waals surface area contributed by atoms with E-state index in [4.69, 9.17) is 4.98 Å². The number of hydrogen-bond acceptors (Lipinski definition) is 4. The second-order valence-electron chi connectivity index (χ2n) is 7.51. The molecule has 1 fully saturated rings. The van der Waals surface area contributed by atoms with Crippen molar-refractivity contribution in [3.63, 3.8) is 0 Å². The van der Waals surface area contributed by atoms with Crippen molar-refractivity contribution < 1.29 is 9.59 Å². The minimum atomic E-state index is -0.0253. The fourth-order valence-corrected chi connectivity index (χ4v) is 4.24. The van der Waals surface area contributed by atoms with Crippen LogP contribution in [0.1, 0.15) is 59.2 Å². The maximum atomic E-state index is 12.8. The van der Waals surface area contributed by atoms with Gasteiger partial charge in [-0.3, -0.25) is 9.59 Å². The van der Waals surface area contributed by atoms with Crippen molar-refractivity contribution in [2.75, 3.05) is 13.1 Å². The van der Waals surface area contributed by atoms with Crippen LogP contribution in [0.25, 0.3) is 0 Å². The molecule has 1 saturated heterocycles. The number of carbonyl (C=O) groups excluding carboxylic acids is 2. The zero-order chi connectivity index (χ0) is 19.4. The van der Waals surface area contributed by atoms with E-state index < -0.39 is 0 Å². The second-order valence-corrected chi connectivity index (χ2v) is 8.40. The number of aryl methyl sites for hydroxylation is 1. The summed E-state index contributed by atoms with van der Waals surface area (Å²) in [7, 11) is 0. The van der Waals surface area contributed by atoms with E-state index in [1.807, 2.05) is 55.3 Å². The number of carbonyl (C=O) groups is 2. The van der Waals surface area contributed by atoms with Gasteiger partial charge in [0.1, 0.15) is 0 Å². The SMILES string of the molecule is Cc1cccc(C(=O)N2CCC[C@@H](c3nc(CNC(=O)C(C)C)cs3)C2)c1. The molecular formula is C21H27N3O2S. The van der Waals surface area contributed by atoms with Crippen molar-refractivity contribution in [3.05, 3.63) is 51.5 Å². The summed E-state index contributed by atoms with van der Waals surface area (Å²) in [6.07, 6.45) is 2.03. The van der Waals surface area contributed by atoms with E-state index in [9.17, 15) is 9.59 Å². The van der Waals surface area contributed by atoms with Crippen LogP contribution in [0.5, 0.6) is 0 Å². The molecule has 0 bridgehead atoms. The number of amides is 2. The molecule has 1 atom stereocenters. The highest BCUT2D eigenvalue weighted by Gasteiger charge is 2.27. The Labute approximate surface area is 164 Å². The highest BCUT2D eigenvalue weighted by Crippen LogP contribution is 2.30. The summed E-state index contributed by atoms with van der Waals surface area (Å²) in [5.74, 6) is 0.385. The van der Waals surface area contributed by atoms with E-state index in [0.29, 0.717) is 13.1 Å². The van der Waals surface area contributed by atoms with Crippen LogP contribution in [0.3, 0.4) is 0 Å². The molecule has 144 valence electrons. The van der Waals surface area contributed by atoms with Gasteiger partial charge in [0.05, 0.1) is 17.2 Å². The number of aromatic nitrogens is 1. The number of likely N-dealkylation sites (tertiary alicyclic amines) is 1. The number of nitrogens with one attached hydrogen (secondary N) is 1. The van der Waals surface area contributed by atoms with Crippen LogP contribution in [0.2, 0.25) is 0 Å². The van der Waals surface area contributed by atoms with Gasteiger partial charge in [0.25, 0.3) is 5.91 Å². The Balaban J connectivity index is 1.63. The van der Waals surface area contributed by atoms with Gasteiger partial charge in [0.15, 0.2) is 0 Å². The quantitative estimate of drug-likeness (QED) is 0.853. The molecule has 1 N–H and O–H groups in total. The van der Waals surface area contributed by atoms with Crippen molar-refractivity contribution in [2.24, 2.45) is 5.92 Å². The Kier molecular flexibility index (Phi) is 6.26. The molecule has 5 nitrogen and oxygen atoms in total. The lowest BCUT2D eigenvalue weighted by atomic mass is 9.98. The Hall–Kier alpha value is -2.21. The number of benzene rings is 1. The zero-order valence-electron chi connectivity index (χ0n) is 16.2. The number of hydrogen-bond donors (Lipinski definition) is 1. The highest BCUT2D eigenvalue weighted by molar-refractivity contribution is 7.09. The van der Waals surface area contributed by atoms with Crippen LogP contribution in [-0.4, -0.2) is 34.8 Å². The molecule has 0 aliphatic carbocycles. The largest absolute Gasteiger partial charge is 0.350 e. The molecule has 2 aromatic rings. The predicted octanol–water partition coefficient (Wildman–Crippen LogP) is 3.74. The van der Waals surface area contributed by atoms with Gasteiger partial charge < -0.3 is 10.2 Å². The molecule has 2 amide bonds. The fraction of sp³-hybridized carbons (Fsp3) is 0.476. The van der Waals surface area contributed by atoms with Crippen LogP contribution < -0.4 is 5.32 Å². The van der Waals surface area contributed by atoms with Gasteiger partial charge in [0, 0.05) is 35.9 Å². The molecule has 1 aromatic carbocycles. The maximum Gasteiger partial charge on any atom is 0.253 e. The Morgan fingerprint density at radius 1 is 1.37 bits per heavy atom. The van der Waals surface area contributed by atoms with E-state index in [1.165, 1.54) is 0 Å². The van der Waals surface area contributed by atoms with Crippen molar-refractivity contribution >= 4 is 23.2 Å². The molecule has 1 aromatic heterocycles. The van der Waals surface area contributed by atoms with Crippen LogP contribution in [0, 0.1) is 12.8 Å². The van der Waals surface area contributed by atoms with Crippen molar-refractivity contribution in [2.45, 2.75) is 46.1 Å². The Morgan fingerprint density at radius 2 is 2.19 bits per heavy atom. The van der Waals surface area contributed by atoms with Gasteiger partial charge in [-0.15, -0.1) is 11.3 Å². The van der Waals surface area contributed by atoms with Crippen molar-refractivity contribution in [3.8, 4) is 0 Å². The molecule has 27 heavy (non-hydrogen) atoms. The molecule has 1 aliphatic rings. The topological polar surface area (TPSA) is 62.3 Å². The minimum Gasteiger partial charge on any atom is -0.350 e. The van der Waals surface area contributed by atoms with Crippen molar-refractivity contribution in [1.82, 2.24) is 15.2 Å². The first-order valence-corrected chi connectivity index (χ1v) is 10.4. The summed E-state index contributed by atoms with van der Waals surface area (Å²) in [6.45, 7) is 7.73. The van der Waals surface area contributed by atoms with E-state index >= 15 is 0 Å². The minimum absolute atomic E-state index is 0.0253. The predicted molar refractivity (Wildman–Crippen MR) is 108 cm³/mol. The Bertz CT molecular complexity index is 815. The molecular weight excluding hydrogens is 358 g/mol. The first kappa shape index (κ1) is 19.5. The zero-order valence-corrected chi connectivity index (χ0v) is 17.0. The molecule has 2 heterocycles.